The minimum atomic E-state index is -1.66. The maximum absolute atomic E-state index is 12.6. The summed E-state index contributed by atoms with van der Waals surface area (Å²) in [7, 11) is 36.0. The topological polar surface area (TPSA) is 43.1 Å². The van der Waals surface area contributed by atoms with E-state index >= 15 is 0 Å². The molecule has 2 N–H and O–H groups in total. The predicted octanol–water partition coefficient (Wildman–Crippen LogP) is -4.64. The number of allylic oxidation sites excluding steroid dienone is 1. The summed E-state index contributed by atoms with van der Waals surface area (Å²) in [5.41, 5.74) is 6.01. The lowest BCUT2D eigenvalue weighted by molar-refractivity contribution is -0.120. The third-order valence-electron chi connectivity index (χ3n) is 4.74. The van der Waals surface area contributed by atoms with Gasteiger partial charge in [0.1, 0.15) is 39.2 Å². The quantitative estimate of drug-likeness (QED) is 0.489. The molecule has 1 aromatic rings. The fourth-order valence-corrected chi connectivity index (χ4v) is 3.96. The van der Waals surface area contributed by atoms with Crippen molar-refractivity contribution in [2.45, 2.75) is 17.2 Å². The number of carbonyl (C=O) groups is 1. The highest BCUT2D eigenvalue weighted by Crippen LogP contribution is 2.55. The largest absolute Gasteiger partial charge is 0.316 e. The molecule has 12 radical (unpaired) electrons. The fourth-order valence-electron chi connectivity index (χ4n) is 3.48. The highest BCUT2D eigenvalue weighted by Gasteiger charge is 2.64. The van der Waals surface area contributed by atoms with Gasteiger partial charge in [-0.15, -0.1) is 21.9 Å². The molecule has 1 heterocycles. The van der Waals surface area contributed by atoms with Gasteiger partial charge in [0.2, 0.25) is 0 Å². The van der Waals surface area contributed by atoms with Crippen LogP contribution in [-0.4, -0.2) is 59.0 Å². The molecule has 1 aliphatic heterocycles. The van der Waals surface area contributed by atoms with Crippen molar-refractivity contribution in [3.05, 3.63) is 17.1 Å². The standard InChI is InChI=1S/C12H5B7ClNO/c13-3-1-4(22)12(21)5-6(14)7(15)8(16)9(17)10(5)19(20)11(12,18)2-3/h1H,2,21H2. The molecule has 92 valence electrons. The lowest BCUT2D eigenvalue weighted by Gasteiger charge is -2.45. The Kier molecular flexibility index (Phi) is 3.44. The molecule has 0 saturated carbocycles. The van der Waals surface area contributed by atoms with Crippen LogP contribution in [0.15, 0.2) is 11.5 Å². The second-order valence-electron chi connectivity index (χ2n) is 5.91. The van der Waals surface area contributed by atoms with Crippen molar-refractivity contribution in [1.29, 1.82) is 0 Å². The summed E-state index contributed by atoms with van der Waals surface area (Å²) in [5.74, 6) is -0.488. The van der Waals surface area contributed by atoms with Crippen molar-refractivity contribution >= 4 is 97.8 Å². The number of rotatable bonds is 0. The van der Waals surface area contributed by atoms with Gasteiger partial charge < -0.3 is 5.73 Å². The SMILES string of the molecule is [B]C1=CC(=O)C2(N)c3c([B])c([B])c([B])c([B])c3B(Cl)C2([B])C1. The van der Waals surface area contributed by atoms with Gasteiger partial charge in [-0.1, -0.05) is 10.9 Å². The first-order valence-corrected chi connectivity index (χ1v) is 6.99. The lowest BCUT2D eigenvalue weighted by Crippen LogP contribution is -2.60. The Morgan fingerprint density at radius 1 is 1.09 bits per heavy atom. The van der Waals surface area contributed by atoms with Gasteiger partial charge >= 0.3 is 0 Å². The van der Waals surface area contributed by atoms with Gasteiger partial charge in [-0.25, -0.2) is 0 Å². The second kappa shape index (κ2) is 4.67. The Balaban J connectivity index is 2.46. The van der Waals surface area contributed by atoms with Crippen LogP contribution in [0.4, 0.5) is 0 Å². The number of fused-ring (bicyclic) bond motifs is 3. The molecule has 2 atom stereocenters. The van der Waals surface area contributed by atoms with Gasteiger partial charge in [-0.05, 0) is 23.3 Å². The molecule has 1 aliphatic carbocycles. The van der Waals surface area contributed by atoms with Crippen LogP contribution < -0.4 is 33.0 Å². The molecular weight excluding hydrogens is 285 g/mol. The molecule has 2 nitrogen and oxygen atoms in total. The van der Waals surface area contributed by atoms with Crippen molar-refractivity contribution in [1.82, 2.24) is 0 Å². The summed E-state index contributed by atoms with van der Waals surface area (Å²) in [4.78, 5) is 12.6. The molecule has 0 saturated heterocycles. The summed E-state index contributed by atoms with van der Waals surface area (Å²) in [6.45, 7) is 0. The average Bonchev–Trinajstić information content (AvgIpc) is 2.62. The number of carbonyl (C=O) groups excluding carboxylic acids is 1. The van der Waals surface area contributed by atoms with E-state index in [4.69, 9.17) is 64.3 Å². The van der Waals surface area contributed by atoms with Crippen LogP contribution in [0.2, 0.25) is 5.21 Å². The fraction of sp³-hybridized carbons (Fsp3) is 0.250. The summed E-state index contributed by atoms with van der Waals surface area (Å²) in [5, 5.41) is -1.37. The molecule has 22 heavy (non-hydrogen) atoms. The van der Waals surface area contributed by atoms with Gasteiger partial charge in [0.25, 0.3) is 6.13 Å². The third-order valence-corrected chi connectivity index (χ3v) is 5.34. The zero-order valence-corrected chi connectivity index (χ0v) is 12.4. The number of halogens is 1. The maximum atomic E-state index is 12.6. The summed E-state index contributed by atoms with van der Waals surface area (Å²) in [6, 6.07) is 0. The number of hydrogen-bond donors (Lipinski definition) is 1. The van der Waals surface area contributed by atoms with Gasteiger partial charge in [0.15, 0.2) is 5.78 Å². The van der Waals surface area contributed by atoms with Crippen molar-refractivity contribution in [2.75, 3.05) is 0 Å². The normalized spacial score (nSPS) is 30.0. The first kappa shape index (κ1) is 16.2. The summed E-state index contributed by atoms with van der Waals surface area (Å²) >= 11 is 6.51. The Hall–Kier alpha value is -0.665. The van der Waals surface area contributed by atoms with Crippen LogP contribution >= 0.6 is 11.5 Å². The molecule has 2 aliphatic rings. The van der Waals surface area contributed by atoms with Gasteiger partial charge in [-0.2, -0.15) is 11.5 Å². The molecule has 0 fully saturated rings. The monoisotopic (exact) mass is 291 g/mol. The smallest absolute Gasteiger partial charge is 0.283 e. The van der Waals surface area contributed by atoms with Gasteiger partial charge in [0, 0.05) is 0 Å². The number of ketones is 1. The number of nitrogens with two attached hydrogens (primary N) is 1. The zero-order chi connectivity index (χ0) is 16.6. The minimum Gasteiger partial charge on any atom is -0.316 e. The van der Waals surface area contributed by atoms with Crippen molar-refractivity contribution in [3.63, 3.8) is 0 Å². The Morgan fingerprint density at radius 2 is 1.64 bits per heavy atom. The molecule has 3 rings (SSSR count). The molecule has 0 aromatic heterocycles. The Labute approximate surface area is 142 Å². The van der Waals surface area contributed by atoms with Crippen LogP contribution in [0.3, 0.4) is 0 Å². The van der Waals surface area contributed by atoms with Gasteiger partial charge in [0.05, 0.1) is 13.4 Å². The molecule has 2 unspecified atom stereocenters. The molecule has 0 spiro atoms. The highest BCUT2D eigenvalue weighted by atomic mass is 35.5. The van der Waals surface area contributed by atoms with E-state index < -0.39 is 22.7 Å². The van der Waals surface area contributed by atoms with E-state index in [2.05, 4.69) is 0 Å². The second-order valence-corrected chi connectivity index (χ2v) is 6.35. The van der Waals surface area contributed by atoms with Gasteiger partial charge in [-0.3, -0.25) is 4.79 Å². The van der Waals surface area contributed by atoms with Crippen LogP contribution in [-0.2, 0) is 10.3 Å². The van der Waals surface area contributed by atoms with Crippen molar-refractivity contribution in [3.8, 4) is 0 Å². The lowest BCUT2D eigenvalue weighted by atomic mass is 9.33. The summed E-state index contributed by atoms with van der Waals surface area (Å²) < 4.78 is 0. The van der Waals surface area contributed by atoms with Crippen molar-refractivity contribution in [2.24, 2.45) is 5.73 Å². The molecular formula is C12H5B7ClNO. The third kappa shape index (κ3) is 1.62. The predicted molar refractivity (Wildman–Crippen MR) is 97.0 cm³/mol. The van der Waals surface area contributed by atoms with Crippen LogP contribution in [0.5, 0.6) is 0 Å². The molecule has 0 amide bonds. The van der Waals surface area contributed by atoms with E-state index in [9.17, 15) is 4.79 Å². The van der Waals surface area contributed by atoms with E-state index in [1.807, 2.05) is 0 Å². The Bertz CT molecular complexity index is 767. The van der Waals surface area contributed by atoms with Crippen LogP contribution in [0.25, 0.3) is 0 Å². The first-order chi connectivity index (χ1) is 10.1. The van der Waals surface area contributed by atoms with E-state index in [-0.39, 0.29) is 33.8 Å². The van der Waals surface area contributed by atoms with E-state index in [0.717, 1.165) is 0 Å². The highest BCUT2D eigenvalue weighted by molar-refractivity contribution is 7.20. The molecule has 10 heteroatoms. The van der Waals surface area contributed by atoms with E-state index in [1.165, 1.54) is 6.08 Å². The van der Waals surface area contributed by atoms with E-state index in [0.29, 0.717) is 10.9 Å². The van der Waals surface area contributed by atoms with E-state index in [1.54, 1.807) is 0 Å². The van der Waals surface area contributed by atoms with Crippen molar-refractivity contribution < 1.29 is 4.79 Å². The minimum absolute atomic E-state index is 0.0597. The zero-order valence-electron chi connectivity index (χ0n) is 11.7. The summed E-state index contributed by atoms with van der Waals surface area (Å²) in [6.07, 6.45) is 0.483. The molecule has 1 aromatic carbocycles. The van der Waals surface area contributed by atoms with Crippen LogP contribution in [0, 0.1) is 0 Å². The maximum Gasteiger partial charge on any atom is 0.283 e. The number of hydrogen-bond acceptors (Lipinski definition) is 2. The van der Waals surface area contributed by atoms with Crippen LogP contribution in [0.1, 0.15) is 12.0 Å². The Morgan fingerprint density at radius 3 is 2.23 bits per heavy atom. The first-order valence-electron chi connectivity index (χ1n) is 6.55. The number of benzene rings is 1. The molecule has 0 bridgehead atoms. The average molecular weight is 290 g/mol.